The highest BCUT2D eigenvalue weighted by atomic mass is 16.1. The average molecular weight is 331 g/mol. The number of nitrogens with zero attached hydrogens (tertiary/aromatic N) is 1. The Labute approximate surface area is 147 Å². The van der Waals surface area contributed by atoms with Gasteiger partial charge in [0.25, 0.3) is 0 Å². The summed E-state index contributed by atoms with van der Waals surface area (Å²) in [6.07, 6.45) is 6.54. The molecule has 1 amide bonds. The number of hydrogen-bond acceptors (Lipinski definition) is 2. The van der Waals surface area contributed by atoms with Gasteiger partial charge in [-0.2, -0.15) is 0 Å². The summed E-state index contributed by atoms with van der Waals surface area (Å²) in [7, 11) is 0. The van der Waals surface area contributed by atoms with Crippen molar-refractivity contribution in [1.29, 1.82) is 0 Å². The third kappa shape index (κ3) is 4.83. The van der Waals surface area contributed by atoms with Crippen LogP contribution in [0.1, 0.15) is 65.4 Å². The van der Waals surface area contributed by atoms with Crippen LogP contribution in [-0.2, 0) is 10.2 Å². The van der Waals surface area contributed by atoms with Crippen molar-refractivity contribution >= 4 is 11.6 Å². The number of amides is 1. The Hall–Kier alpha value is -1.35. The van der Waals surface area contributed by atoms with E-state index in [0.29, 0.717) is 5.92 Å². The van der Waals surface area contributed by atoms with Crippen molar-refractivity contribution in [1.82, 2.24) is 4.90 Å². The maximum Gasteiger partial charge on any atom is 0.221 e. The van der Waals surface area contributed by atoms with Gasteiger partial charge in [0, 0.05) is 19.2 Å². The van der Waals surface area contributed by atoms with Gasteiger partial charge in [0.05, 0.1) is 0 Å². The van der Waals surface area contributed by atoms with Crippen molar-refractivity contribution in [2.75, 3.05) is 25.0 Å². The number of likely N-dealkylation sites (tertiary alicyclic amines) is 1. The summed E-state index contributed by atoms with van der Waals surface area (Å²) in [6, 6.07) is 8.42. The minimum absolute atomic E-state index is 0.00718. The van der Waals surface area contributed by atoms with E-state index >= 15 is 0 Å². The number of hydrogen-bond donors (Lipinski definition) is 1. The van der Waals surface area contributed by atoms with E-state index in [1.165, 1.54) is 57.3 Å². The van der Waals surface area contributed by atoms with Gasteiger partial charge in [-0.15, -0.1) is 0 Å². The number of carbonyl (C=O) groups excluding carboxylic acids is 1. The fourth-order valence-corrected chi connectivity index (χ4v) is 3.87. The van der Waals surface area contributed by atoms with Crippen LogP contribution in [0.15, 0.2) is 24.3 Å². The largest absolute Gasteiger partial charge is 0.326 e. The van der Waals surface area contributed by atoms with Gasteiger partial charge in [0.15, 0.2) is 0 Å². The molecule has 0 saturated carbocycles. The van der Waals surface area contributed by atoms with Gasteiger partial charge in [-0.1, -0.05) is 52.2 Å². The first-order valence-electron chi connectivity index (χ1n) is 9.56. The van der Waals surface area contributed by atoms with Crippen LogP contribution in [0.2, 0.25) is 0 Å². The molecule has 1 heterocycles. The van der Waals surface area contributed by atoms with Crippen molar-refractivity contribution in [2.45, 2.75) is 65.2 Å². The first-order valence-corrected chi connectivity index (χ1v) is 9.56. The normalized spacial score (nSPS) is 24.8. The lowest BCUT2D eigenvalue weighted by molar-refractivity contribution is -0.114. The fourth-order valence-electron chi connectivity index (χ4n) is 3.87. The maximum atomic E-state index is 11.3. The highest BCUT2D eigenvalue weighted by molar-refractivity contribution is 5.88. The van der Waals surface area contributed by atoms with E-state index in [0.717, 1.165) is 5.69 Å². The molecule has 1 saturated heterocycles. The molecular formula is C21H34N2O. The predicted octanol–water partition coefficient (Wildman–Crippen LogP) is 4.82. The summed E-state index contributed by atoms with van der Waals surface area (Å²) in [4.78, 5) is 14.0. The van der Waals surface area contributed by atoms with Crippen LogP contribution >= 0.6 is 0 Å². The number of benzene rings is 1. The van der Waals surface area contributed by atoms with Crippen LogP contribution in [-0.4, -0.2) is 30.4 Å². The molecule has 134 valence electrons. The van der Waals surface area contributed by atoms with E-state index in [-0.39, 0.29) is 11.3 Å². The lowest BCUT2D eigenvalue weighted by Gasteiger charge is -2.45. The van der Waals surface area contributed by atoms with Crippen LogP contribution < -0.4 is 5.32 Å². The van der Waals surface area contributed by atoms with Gasteiger partial charge in [-0.3, -0.25) is 4.79 Å². The Bertz CT molecular complexity index is 542. The molecule has 2 unspecified atom stereocenters. The second-order valence-electron chi connectivity index (χ2n) is 7.69. The predicted molar refractivity (Wildman–Crippen MR) is 102 cm³/mol. The van der Waals surface area contributed by atoms with Gasteiger partial charge in [0.1, 0.15) is 0 Å². The summed E-state index contributed by atoms with van der Waals surface area (Å²) in [6.45, 7) is 12.2. The smallest absolute Gasteiger partial charge is 0.221 e. The Morgan fingerprint density at radius 1 is 1.33 bits per heavy atom. The topological polar surface area (TPSA) is 32.3 Å². The van der Waals surface area contributed by atoms with E-state index in [9.17, 15) is 4.79 Å². The summed E-state index contributed by atoms with van der Waals surface area (Å²) in [5.74, 6) is 0.609. The van der Waals surface area contributed by atoms with Gasteiger partial charge < -0.3 is 10.2 Å². The molecule has 0 radical (unpaired) electrons. The van der Waals surface area contributed by atoms with E-state index in [1.807, 2.05) is 6.07 Å². The van der Waals surface area contributed by atoms with Crippen molar-refractivity contribution in [3.05, 3.63) is 29.8 Å². The van der Waals surface area contributed by atoms with E-state index in [4.69, 9.17) is 0 Å². The second-order valence-corrected chi connectivity index (χ2v) is 7.69. The van der Waals surface area contributed by atoms with Gasteiger partial charge >= 0.3 is 0 Å². The number of anilines is 1. The summed E-state index contributed by atoms with van der Waals surface area (Å²) >= 11 is 0. The van der Waals surface area contributed by atoms with Gasteiger partial charge in [-0.05, 0) is 55.0 Å². The zero-order chi connectivity index (χ0) is 17.6. The van der Waals surface area contributed by atoms with Crippen LogP contribution in [0.5, 0.6) is 0 Å². The van der Waals surface area contributed by atoms with Crippen LogP contribution in [0.4, 0.5) is 5.69 Å². The standard InChI is InChI=1S/C21H34N2O/c1-5-6-7-8-13-23-14-12-21(4,17(2)16-23)19-10-9-11-20(15-19)22-18(3)24/h9-11,15,17H,5-8,12-14,16H2,1-4H3,(H,22,24). The summed E-state index contributed by atoms with van der Waals surface area (Å²) in [5, 5.41) is 2.92. The number of rotatable bonds is 7. The first kappa shape index (κ1) is 19.0. The zero-order valence-electron chi connectivity index (χ0n) is 15.9. The molecule has 1 aliphatic heterocycles. The lowest BCUT2D eigenvalue weighted by Crippen LogP contribution is -2.47. The monoisotopic (exact) mass is 330 g/mol. The summed E-state index contributed by atoms with van der Waals surface area (Å²) in [5.41, 5.74) is 2.45. The SMILES string of the molecule is CCCCCCN1CCC(C)(c2cccc(NC(C)=O)c2)C(C)C1. The number of piperidine rings is 1. The number of nitrogens with one attached hydrogen (secondary N) is 1. The minimum Gasteiger partial charge on any atom is -0.326 e. The molecule has 1 aromatic carbocycles. The highest BCUT2D eigenvalue weighted by Gasteiger charge is 2.37. The Balaban J connectivity index is 1.99. The van der Waals surface area contributed by atoms with Crippen LogP contribution in [0, 0.1) is 5.92 Å². The average Bonchev–Trinajstić information content (AvgIpc) is 2.54. The molecule has 1 aromatic rings. The molecule has 0 aliphatic carbocycles. The molecule has 2 rings (SSSR count). The number of carbonyl (C=O) groups is 1. The Kier molecular flexibility index (Phi) is 6.85. The minimum atomic E-state index is -0.00718. The molecule has 0 bridgehead atoms. The van der Waals surface area contributed by atoms with Gasteiger partial charge in [-0.25, -0.2) is 0 Å². The maximum absolute atomic E-state index is 11.3. The first-order chi connectivity index (χ1) is 11.5. The van der Waals surface area contributed by atoms with E-state index in [1.54, 1.807) is 6.92 Å². The van der Waals surface area contributed by atoms with Crippen LogP contribution in [0.25, 0.3) is 0 Å². The quantitative estimate of drug-likeness (QED) is 0.727. The Morgan fingerprint density at radius 2 is 2.12 bits per heavy atom. The molecule has 0 spiro atoms. The molecular weight excluding hydrogens is 296 g/mol. The third-order valence-corrected chi connectivity index (χ3v) is 5.74. The molecule has 3 heteroatoms. The molecule has 24 heavy (non-hydrogen) atoms. The van der Waals surface area contributed by atoms with Crippen LogP contribution in [0.3, 0.4) is 0 Å². The second kappa shape index (κ2) is 8.66. The van der Waals surface area contributed by atoms with Crippen molar-refractivity contribution < 1.29 is 4.79 Å². The van der Waals surface area contributed by atoms with E-state index < -0.39 is 0 Å². The molecule has 1 N–H and O–H groups in total. The molecule has 2 atom stereocenters. The number of unbranched alkanes of at least 4 members (excludes halogenated alkanes) is 3. The van der Waals surface area contributed by atoms with Crippen molar-refractivity contribution in [2.24, 2.45) is 5.92 Å². The molecule has 1 aliphatic rings. The van der Waals surface area contributed by atoms with E-state index in [2.05, 4.69) is 49.2 Å². The fraction of sp³-hybridized carbons (Fsp3) is 0.667. The third-order valence-electron chi connectivity index (χ3n) is 5.74. The zero-order valence-corrected chi connectivity index (χ0v) is 15.9. The molecule has 3 nitrogen and oxygen atoms in total. The van der Waals surface area contributed by atoms with Gasteiger partial charge in [0.2, 0.25) is 5.91 Å². The Morgan fingerprint density at radius 3 is 2.79 bits per heavy atom. The molecule has 1 fully saturated rings. The van der Waals surface area contributed by atoms with Crippen molar-refractivity contribution in [3.8, 4) is 0 Å². The highest BCUT2D eigenvalue weighted by Crippen LogP contribution is 2.40. The lowest BCUT2D eigenvalue weighted by atomic mass is 9.68. The molecule has 0 aromatic heterocycles. The summed E-state index contributed by atoms with van der Waals surface area (Å²) < 4.78 is 0. The van der Waals surface area contributed by atoms with Crippen molar-refractivity contribution in [3.63, 3.8) is 0 Å².